The molecule has 1 aromatic carbocycles. The minimum absolute atomic E-state index is 0.683. The number of rotatable bonds is 6. The SMILES string of the molecule is CCN1CCN(c2cc(NCc3cccnc3)nc(-c3ccccc3)n2)CC1. The topological polar surface area (TPSA) is 57.2 Å². The number of benzene rings is 1. The van der Waals surface area contributed by atoms with Crippen LogP contribution in [0.1, 0.15) is 12.5 Å². The number of piperazine rings is 1. The van der Waals surface area contributed by atoms with Crippen molar-refractivity contribution in [2.45, 2.75) is 13.5 Å². The van der Waals surface area contributed by atoms with E-state index in [1.54, 1.807) is 6.20 Å². The van der Waals surface area contributed by atoms with Gasteiger partial charge in [0.25, 0.3) is 0 Å². The number of anilines is 2. The van der Waals surface area contributed by atoms with Crippen LogP contribution in [0.25, 0.3) is 11.4 Å². The molecule has 0 radical (unpaired) electrons. The fraction of sp³-hybridized carbons (Fsp3) is 0.318. The van der Waals surface area contributed by atoms with Gasteiger partial charge in [0.15, 0.2) is 5.82 Å². The summed E-state index contributed by atoms with van der Waals surface area (Å²) in [6.07, 6.45) is 3.66. The van der Waals surface area contributed by atoms with Crippen LogP contribution in [0.3, 0.4) is 0 Å². The zero-order valence-corrected chi connectivity index (χ0v) is 16.3. The van der Waals surface area contributed by atoms with Gasteiger partial charge in [0, 0.05) is 56.7 Å². The van der Waals surface area contributed by atoms with Gasteiger partial charge in [0.05, 0.1) is 0 Å². The van der Waals surface area contributed by atoms with E-state index >= 15 is 0 Å². The molecule has 1 saturated heterocycles. The average molecular weight is 374 g/mol. The fourth-order valence-electron chi connectivity index (χ4n) is 3.39. The van der Waals surface area contributed by atoms with Crippen LogP contribution < -0.4 is 10.2 Å². The van der Waals surface area contributed by atoms with Crippen LogP contribution in [0, 0.1) is 0 Å². The summed E-state index contributed by atoms with van der Waals surface area (Å²) >= 11 is 0. The molecule has 0 aliphatic carbocycles. The third-order valence-corrected chi connectivity index (χ3v) is 5.08. The van der Waals surface area contributed by atoms with Crippen molar-refractivity contribution < 1.29 is 0 Å². The fourth-order valence-corrected chi connectivity index (χ4v) is 3.39. The van der Waals surface area contributed by atoms with E-state index in [4.69, 9.17) is 9.97 Å². The van der Waals surface area contributed by atoms with Crippen molar-refractivity contribution in [3.05, 3.63) is 66.5 Å². The van der Waals surface area contributed by atoms with Gasteiger partial charge < -0.3 is 15.1 Å². The van der Waals surface area contributed by atoms with Gasteiger partial charge in [-0.25, -0.2) is 9.97 Å². The van der Waals surface area contributed by atoms with Crippen LogP contribution in [-0.2, 0) is 6.54 Å². The summed E-state index contributed by atoms with van der Waals surface area (Å²) in [4.78, 5) is 18.7. The second kappa shape index (κ2) is 8.80. The number of nitrogens with zero attached hydrogens (tertiary/aromatic N) is 5. The Morgan fingerprint density at radius 1 is 0.964 bits per heavy atom. The van der Waals surface area contributed by atoms with Gasteiger partial charge in [-0.15, -0.1) is 0 Å². The van der Waals surface area contributed by atoms with Crippen LogP contribution in [0.15, 0.2) is 60.9 Å². The molecular formula is C22H26N6. The van der Waals surface area contributed by atoms with Gasteiger partial charge in [0.2, 0.25) is 0 Å². The molecule has 28 heavy (non-hydrogen) atoms. The highest BCUT2D eigenvalue weighted by molar-refractivity contribution is 5.62. The molecule has 0 saturated carbocycles. The summed E-state index contributed by atoms with van der Waals surface area (Å²) in [5.74, 6) is 2.58. The van der Waals surface area contributed by atoms with E-state index in [9.17, 15) is 0 Å². The van der Waals surface area contributed by atoms with Crippen LogP contribution >= 0.6 is 0 Å². The lowest BCUT2D eigenvalue weighted by Gasteiger charge is -2.35. The van der Waals surface area contributed by atoms with E-state index in [0.717, 1.165) is 61.3 Å². The largest absolute Gasteiger partial charge is 0.366 e. The van der Waals surface area contributed by atoms with Gasteiger partial charge in [-0.05, 0) is 18.2 Å². The molecule has 3 aromatic rings. The monoisotopic (exact) mass is 374 g/mol. The standard InChI is InChI=1S/C22H26N6/c1-2-27-11-13-28(14-12-27)21-15-20(24-17-18-7-6-10-23-16-18)25-22(26-21)19-8-4-3-5-9-19/h3-10,15-16H,2,11-14,17H2,1H3,(H,24,25,26). The normalized spacial score (nSPS) is 14.8. The van der Waals surface area contributed by atoms with Crippen molar-refractivity contribution in [3.63, 3.8) is 0 Å². The number of pyridine rings is 1. The molecular weight excluding hydrogens is 348 g/mol. The number of nitrogens with one attached hydrogen (secondary N) is 1. The quantitative estimate of drug-likeness (QED) is 0.714. The molecule has 0 unspecified atom stereocenters. The third kappa shape index (κ3) is 4.46. The Balaban J connectivity index is 1.59. The Bertz CT molecular complexity index is 876. The van der Waals surface area contributed by atoms with Crippen molar-refractivity contribution in [1.29, 1.82) is 0 Å². The Labute approximate surface area is 166 Å². The predicted octanol–water partition coefficient (Wildman–Crippen LogP) is 3.29. The first-order valence-corrected chi connectivity index (χ1v) is 9.86. The van der Waals surface area contributed by atoms with Gasteiger partial charge in [0.1, 0.15) is 11.6 Å². The Hall–Kier alpha value is -2.99. The second-order valence-electron chi connectivity index (χ2n) is 6.94. The Kier molecular flexibility index (Phi) is 5.77. The van der Waals surface area contributed by atoms with Crippen molar-refractivity contribution in [3.8, 4) is 11.4 Å². The second-order valence-corrected chi connectivity index (χ2v) is 6.94. The van der Waals surface area contributed by atoms with E-state index in [-0.39, 0.29) is 0 Å². The molecule has 0 atom stereocenters. The number of likely N-dealkylation sites (N-methyl/N-ethyl adjacent to an activating group) is 1. The highest BCUT2D eigenvalue weighted by Crippen LogP contribution is 2.23. The lowest BCUT2D eigenvalue weighted by Crippen LogP contribution is -2.46. The van der Waals surface area contributed by atoms with Gasteiger partial charge >= 0.3 is 0 Å². The van der Waals surface area contributed by atoms with Crippen LogP contribution in [0.2, 0.25) is 0 Å². The first kappa shape index (κ1) is 18.4. The molecule has 144 valence electrons. The smallest absolute Gasteiger partial charge is 0.163 e. The number of hydrogen-bond acceptors (Lipinski definition) is 6. The lowest BCUT2D eigenvalue weighted by atomic mass is 10.2. The summed E-state index contributed by atoms with van der Waals surface area (Å²) in [5, 5.41) is 3.44. The van der Waals surface area contributed by atoms with Gasteiger partial charge in [-0.3, -0.25) is 4.98 Å². The van der Waals surface area contributed by atoms with Crippen LogP contribution in [0.5, 0.6) is 0 Å². The lowest BCUT2D eigenvalue weighted by molar-refractivity contribution is 0.270. The first-order valence-electron chi connectivity index (χ1n) is 9.86. The van der Waals surface area contributed by atoms with E-state index in [0.29, 0.717) is 6.54 Å². The minimum atomic E-state index is 0.683. The van der Waals surface area contributed by atoms with Gasteiger partial charge in [-0.1, -0.05) is 43.3 Å². The Morgan fingerprint density at radius 2 is 1.79 bits per heavy atom. The molecule has 4 rings (SSSR count). The van der Waals surface area contributed by atoms with Gasteiger partial charge in [-0.2, -0.15) is 0 Å². The molecule has 0 amide bonds. The summed E-state index contributed by atoms with van der Waals surface area (Å²) in [6, 6.07) is 16.2. The number of hydrogen-bond donors (Lipinski definition) is 1. The van der Waals surface area contributed by atoms with E-state index in [1.165, 1.54) is 0 Å². The molecule has 6 heteroatoms. The van der Waals surface area contributed by atoms with E-state index in [2.05, 4.69) is 51.3 Å². The summed E-state index contributed by atoms with van der Waals surface area (Å²) in [6.45, 7) is 8.11. The molecule has 6 nitrogen and oxygen atoms in total. The van der Waals surface area contributed by atoms with E-state index < -0.39 is 0 Å². The Morgan fingerprint density at radius 3 is 2.50 bits per heavy atom. The third-order valence-electron chi connectivity index (χ3n) is 5.08. The highest BCUT2D eigenvalue weighted by Gasteiger charge is 2.18. The minimum Gasteiger partial charge on any atom is -0.366 e. The maximum atomic E-state index is 4.88. The predicted molar refractivity (Wildman–Crippen MR) is 113 cm³/mol. The van der Waals surface area contributed by atoms with Crippen molar-refractivity contribution in [2.24, 2.45) is 0 Å². The van der Waals surface area contributed by atoms with Crippen LogP contribution in [-0.4, -0.2) is 52.6 Å². The highest BCUT2D eigenvalue weighted by atomic mass is 15.3. The molecule has 0 spiro atoms. The van der Waals surface area contributed by atoms with Crippen LogP contribution in [0.4, 0.5) is 11.6 Å². The maximum absolute atomic E-state index is 4.88. The van der Waals surface area contributed by atoms with Crippen molar-refractivity contribution in [2.75, 3.05) is 42.9 Å². The molecule has 1 fully saturated rings. The molecule has 3 heterocycles. The number of aromatic nitrogens is 3. The van der Waals surface area contributed by atoms with E-state index in [1.807, 2.05) is 30.5 Å². The van der Waals surface area contributed by atoms with Crippen molar-refractivity contribution in [1.82, 2.24) is 19.9 Å². The maximum Gasteiger partial charge on any atom is 0.163 e. The molecule has 2 aromatic heterocycles. The molecule has 0 bridgehead atoms. The zero-order valence-electron chi connectivity index (χ0n) is 16.3. The molecule has 1 aliphatic heterocycles. The average Bonchev–Trinajstić information content (AvgIpc) is 2.79. The first-order chi connectivity index (χ1) is 13.8. The summed E-state index contributed by atoms with van der Waals surface area (Å²) in [5.41, 5.74) is 2.15. The molecule has 1 N–H and O–H groups in total. The zero-order chi connectivity index (χ0) is 19.2. The summed E-state index contributed by atoms with van der Waals surface area (Å²) < 4.78 is 0. The molecule has 1 aliphatic rings. The summed E-state index contributed by atoms with van der Waals surface area (Å²) in [7, 11) is 0. The van der Waals surface area contributed by atoms with Crippen molar-refractivity contribution >= 4 is 11.6 Å².